The van der Waals surface area contributed by atoms with Crippen LogP contribution in [-0.4, -0.2) is 41.8 Å². The fourth-order valence-corrected chi connectivity index (χ4v) is 3.08. The highest BCUT2D eigenvalue weighted by Crippen LogP contribution is 2.28. The SMILES string of the molecule is COc1ccc2ccccc2c1CNC(=O)N1CC[C@](C)(O)C1. The fraction of sp³-hybridized carbons (Fsp3) is 0.389. The van der Waals surface area contributed by atoms with E-state index in [-0.39, 0.29) is 6.03 Å². The van der Waals surface area contributed by atoms with E-state index in [4.69, 9.17) is 4.74 Å². The highest BCUT2D eigenvalue weighted by atomic mass is 16.5. The van der Waals surface area contributed by atoms with E-state index in [9.17, 15) is 9.90 Å². The Balaban J connectivity index is 1.78. The zero-order valence-corrected chi connectivity index (χ0v) is 13.5. The number of hydrogen-bond donors (Lipinski definition) is 2. The summed E-state index contributed by atoms with van der Waals surface area (Å²) in [4.78, 5) is 14.0. The zero-order valence-electron chi connectivity index (χ0n) is 13.5. The number of rotatable bonds is 3. The number of hydrogen-bond acceptors (Lipinski definition) is 3. The molecule has 2 aromatic carbocycles. The molecule has 0 unspecified atom stereocenters. The van der Waals surface area contributed by atoms with Crippen molar-refractivity contribution >= 4 is 16.8 Å². The van der Waals surface area contributed by atoms with E-state index in [0.29, 0.717) is 26.1 Å². The summed E-state index contributed by atoms with van der Waals surface area (Å²) in [5.74, 6) is 0.761. The monoisotopic (exact) mass is 314 g/mol. The molecular formula is C18H22N2O3. The van der Waals surface area contributed by atoms with Crippen LogP contribution in [0.25, 0.3) is 10.8 Å². The van der Waals surface area contributed by atoms with Gasteiger partial charge in [-0.2, -0.15) is 0 Å². The number of nitrogens with one attached hydrogen (secondary N) is 1. The lowest BCUT2D eigenvalue weighted by Crippen LogP contribution is -2.40. The molecule has 1 heterocycles. The van der Waals surface area contributed by atoms with Crippen molar-refractivity contribution in [1.82, 2.24) is 10.2 Å². The van der Waals surface area contributed by atoms with Gasteiger partial charge in [0.1, 0.15) is 5.75 Å². The molecule has 2 amide bonds. The van der Waals surface area contributed by atoms with Gasteiger partial charge >= 0.3 is 6.03 Å². The number of ether oxygens (including phenoxy) is 1. The van der Waals surface area contributed by atoms with Gasteiger partial charge in [-0.15, -0.1) is 0 Å². The first-order valence-corrected chi connectivity index (χ1v) is 7.80. The summed E-state index contributed by atoms with van der Waals surface area (Å²) < 4.78 is 5.44. The lowest BCUT2D eigenvalue weighted by Gasteiger charge is -2.20. The standard InChI is InChI=1S/C18H22N2O3/c1-18(22)9-10-20(12-18)17(21)19-11-15-14-6-4-3-5-13(14)7-8-16(15)23-2/h3-8,22H,9-12H2,1-2H3,(H,19,21)/t18-/m0/s1. The van der Waals surface area contributed by atoms with Gasteiger partial charge in [0.2, 0.25) is 0 Å². The summed E-state index contributed by atoms with van der Waals surface area (Å²) >= 11 is 0. The first-order valence-electron chi connectivity index (χ1n) is 7.80. The summed E-state index contributed by atoms with van der Waals surface area (Å²) in [5.41, 5.74) is 0.180. The highest BCUT2D eigenvalue weighted by Gasteiger charge is 2.33. The van der Waals surface area contributed by atoms with Crippen LogP contribution in [0.2, 0.25) is 0 Å². The molecule has 0 saturated carbocycles. The molecular weight excluding hydrogens is 292 g/mol. The van der Waals surface area contributed by atoms with Gasteiger partial charge in [-0.05, 0) is 30.2 Å². The molecule has 3 rings (SSSR count). The lowest BCUT2D eigenvalue weighted by molar-refractivity contribution is 0.0719. The van der Waals surface area contributed by atoms with Crippen molar-refractivity contribution in [3.05, 3.63) is 42.0 Å². The quantitative estimate of drug-likeness (QED) is 0.915. The van der Waals surface area contributed by atoms with Crippen molar-refractivity contribution in [1.29, 1.82) is 0 Å². The van der Waals surface area contributed by atoms with Crippen LogP contribution in [0.3, 0.4) is 0 Å². The second-order valence-electron chi connectivity index (χ2n) is 6.29. The van der Waals surface area contributed by atoms with E-state index >= 15 is 0 Å². The smallest absolute Gasteiger partial charge is 0.317 e. The van der Waals surface area contributed by atoms with Crippen LogP contribution in [0.4, 0.5) is 4.79 Å². The molecule has 1 aliphatic rings. The summed E-state index contributed by atoms with van der Waals surface area (Å²) in [5, 5.41) is 15.1. The first-order chi connectivity index (χ1) is 11.0. The van der Waals surface area contributed by atoms with Gasteiger partial charge in [0, 0.05) is 18.7 Å². The zero-order chi connectivity index (χ0) is 16.4. The number of urea groups is 1. The van der Waals surface area contributed by atoms with Gasteiger partial charge in [-0.1, -0.05) is 30.3 Å². The Morgan fingerprint density at radius 3 is 2.83 bits per heavy atom. The topological polar surface area (TPSA) is 61.8 Å². The number of β-amino-alcohol motifs (C(OH)–C–C–N with tert-alkyl or cyclic N) is 1. The Labute approximate surface area is 135 Å². The molecule has 1 saturated heterocycles. The second-order valence-corrected chi connectivity index (χ2v) is 6.29. The van der Waals surface area contributed by atoms with Crippen molar-refractivity contribution < 1.29 is 14.6 Å². The molecule has 0 spiro atoms. The molecule has 0 bridgehead atoms. The number of carbonyl (C=O) groups excluding carboxylic acids is 1. The molecule has 23 heavy (non-hydrogen) atoms. The molecule has 0 radical (unpaired) electrons. The van der Waals surface area contributed by atoms with E-state index in [1.54, 1.807) is 18.9 Å². The molecule has 5 heteroatoms. The Morgan fingerprint density at radius 1 is 1.35 bits per heavy atom. The van der Waals surface area contributed by atoms with Crippen molar-refractivity contribution in [2.24, 2.45) is 0 Å². The molecule has 1 fully saturated rings. The lowest BCUT2D eigenvalue weighted by atomic mass is 10.0. The number of fused-ring (bicyclic) bond motifs is 1. The van der Waals surface area contributed by atoms with Gasteiger partial charge in [0.15, 0.2) is 0 Å². The van der Waals surface area contributed by atoms with Crippen LogP contribution >= 0.6 is 0 Å². The number of benzene rings is 2. The normalized spacial score (nSPS) is 20.7. The Kier molecular flexibility index (Phi) is 4.13. The molecule has 2 aromatic rings. The third-order valence-electron chi connectivity index (χ3n) is 4.37. The van der Waals surface area contributed by atoms with Crippen LogP contribution in [-0.2, 0) is 6.54 Å². The predicted octanol–water partition coefficient (Wildman–Crippen LogP) is 2.51. The van der Waals surface area contributed by atoms with Gasteiger partial charge in [-0.25, -0.2) is 4.79 Å². The van der Waals surface area contributed by atoms with Crippen molar-refractivity contribution in [2.45, 2.75) is 25.5 Å². The van der Waals surface area contributed by atoms with Crippen LogP contribution in [0.1, 0.15) is 18.9 Å². The maximum atomic E-state index is 12.3. The minimum Gasteiger partial charge on any atom is -0.496 e. The minimum atomic E-state index is -0.783. The number of nitrogens with zero attached hydrogens (tertiary/aromatic N) is 1. The van der Waals surface area contributed by atoms with Gasteiger partial charge in [0.25, 0.3) is 0 Å². The molecule has 1 atom stereocenters. The molecule has 5 nitrogen and oxygen atoms in total. The number of aliphatic hydroxyl groups is 1. The van der Waals surface area contributed by atoms with E-state index in [0.717, 1.165) is 22.1 Å². The summed E-state index contributed by atoms with van der Waals surface area (Å²) in [6, 6.07) is 11.8. The van der Waals surface area contributed by atoms with Gasteiger partial charge < -0.3 is 20.1 Å². The molecule has 2 N–H and O–H groups in total. The van der Waals surface area contributed by atoms with E-state index in [1.807, 2.05) is 36.4 Å². The van der Waals surface area contributed by atoms with Crippen molar-refractivity contribution in [3.63, 3.8) is 0 Å². The van der Waals surface area contributed by atoms with Gasteiger partial charge in [0.05, 0.1) is 19.3 Å². The predicted molar refractivity (Wildman–Crippen MR) is 89.5 cm³/mol. The number of likely N-dealkylation sites (tertiary alicyclic amines) is 1. The minimum absolute atomic E-state index is 0.155. The Bertz CT molecular complexity index is 727. The summed E-state index contributed by atoms with van der Waals surface area (Å²) in [6.45, 7) is 3.09. The molecule has 0 aliphatic carbocycles. The third-order valence-corrected chi connectivity index (χ3v) is 4.37. The van der Waals surface area contributed by atoms with Crippen LogP contribution in [0.5, 0.6) is 5.75 Å². The maximum absolute atomic E-state index is 12.3. The second kappa shape index (κ2) is 6.08. The van der Waals surface area contributed by atoms with Crippen LogP contribution in [0.15, 0.2) is 36.4 Å². The average molecular weight is 314 g/mol. The largest absolute Gasteiger partial charge is 0.496 e. The van der Waals surface area contributed by atoms with Crippen molar-refractivity contribution in [3.8, 4) is 5.75 Å². The van der Waals surface area contributed by atoms with E-state index < -0.39 is 5.60 Å². The Morgan fingerprint density at radius 2 is 2.13 bits per heavy atom. The summed E-state index contributed by atoms with van der Waals surface area (Å²) in [6.07, 6.45) is 0.609. The third kappa shape index (κ3) is 3.24. The average Bonchev–Trinajstić information content (AvgIpc) is 2.92. The summed E-state index contributed by atoms with van der Waals surface area (Å²) in [7, 11) is 1.63. The molecule has 1 aliphatic heterocycles. The van der Waals surface area contributed by atoms with Crippen LogP contribution in [0, 0.1) is 0 Å². The highest BCUT2D eigenvalue weighted by molar-refractivity contribution is 5.88. The maximum Gasteiger partial charge on any atom is 0.317 e. The fourth-order valence-electron chi connectivity index (χ4n) is 3.08. The van der Waals surface area contributed by atoms with Crippen LogP contribution < -0.4 is 10.1 Å². The van der Waals surface area contributed by atoms with E-state index in [2.05, 4.69) is 5.32 Å². The number of carbonyl (C=O) groups is 1. The van der Waals surface area contributed by atoms with Gasteiger partial charge in [-0.3, -0.25) is 0 Å². The number of methoxy groups -OCH3 is 1. The first kappa shape index (κ1) is 15.6. The molecule has 0 aromatic heterocycles. The van der Waals surface area contributed by atoms with Crippen molar-refractivity contribution in [2.75, 3.05) is 20.2 Å². The van der Waals surface area contributed by atoms with E-state index in [1.165, 1.54) is 0 Å². The molecule has 122 valence electrons. The Hall–Kier alpha value is -2.27. The number of amides is 2.